The Morgan fingerprint density at radius 2 is 1.34 bits per heavy atom. The van der Waals surface area contributed by atoms with Gasteiger partial charge in [0.05, 0.1) is 19.1 Å². The van der Waals surface area contributed by atoms with Crippen molar-refractivity contribution in [2.45, 2.75) is 24.5 Å². The molecular formula is C35H36N4O2. The Bertz CT molecular complexity index is 1440. The zero-order chi connectivity index (χ0) is 28.7. The molecule has 4 aromatic carbocycles. The van der Waals surface area contributed by atoms with Gasteiger partial charge in [0, 0.05) is 38.9 Å². The van der Waals surface area contributed by atoms with E-state index in [1.807, 2.05) is 38.6 Å². The number of nitrogens with one attached hydrogen (secondary N) is 1. The molecular weight excluding hydrogens is 508 g/mol. The fraction of sp³-hybridized carbons (Fsp3) is 0.200. The Balaban J connectivity index is 1.50. The number of benzene rings is 4. The molecule has 0 unspecified atom stereocenters. The van der Waals surface area contributed by atoms with Gasteiger partial charge in [-0.1, -0.05) is 103 Å². The van der Waals surface area contributed by atoms with E-state index in [0.717, 1.165) is 33.6 Å². The molecule has 41 heavy (non-hydrogen) atoms. The molecule has 208 valence electrons. The van der Waals surface area contributed by atoms with Crippen LogP contribution < -0.4 is 10.2 Å². The molecule has 0 spiro atoms. The summed E-state index contributed by atoms with van der Waals surface area (Å²) in [5.41, 5.74) is 5.70. The van der Waals surface area contributed by atoms with Gasteiger partial charge < -0.3 is 14.2 Å². The smallest absolute Gasteiger partial charge is 0.323 e. The van der Waals surface area contributed by atoms with E-state index in [-0.39, 0.29) is 5.97 Å². The highest BCUT2D eigenvalue weighted by atomic mass is 16.5. The molecule has 1 N–H and O–H groups in total. The molecule has 0 saturated carbocycles. The third kappa shape index (κ3) is 5.93. The lowest BCUT2D eigenvalue weighted by molar-refractivity contribution is -0.143. The van der Waals surface area contributed by atoms with Crippen molar-refractivity contribution < 1.29 is 9.53 Å². The fourth-order valence-corrected chi connectivity index (χ4v) is 5.38. The molecule has 5 aromatic rings. The molecule has 0 fully saturated rings. The minimum atomic E-state index is -0.655. The number of carbonyl (C=O) groups excluding carboxylic acids is 1. The Kier molecular flexibility index (Phi) is 8.61. The third-order valence-corrected chi connectivity index (χ3v) is 7.50. The monoisotopic (exact) mass is 544 g/mol. The highest BCUT2D eigenvalue weighted by Gasteiger charge is 2.38. The van der Waals surface area contributed by atoms with Crippen molar-refractivity contribution in [3.05, 3.63) is 156 Å². The number of hydrogen-bond donors (Lipinski definition) is 1. The minimum absolute atomic E-state index is 0.315. The zero-order valence-corrected chi connectivity index (χ0v) is 23.8. The summed E-state index contributed by atoms with van der Waals surface area (Å²) in [4.78, 5) is 19.7. The molecule has 1 heterocycles. The van der Waals surface area contributed by atoms with Crippen LogP contribution in [-0.2, 0) is 28.0 Å². The number of hydrogen-bond acceptors (Lipinski definition) is 5. The number of nitrogens with zero attached hydrogens (tertiary/aromatic N) is 3. The van der Waals surface area contributed by atoms with Gasteiger partial charge >= 0.3 is 5.97 Å². The Labute approximate surface area is 242 Å². The second-order valence-electron chi connectivity index (χ2n) is 10.3. The standard InChI is InChI=1S/C35H36N4O2/c1-38(2)32-21-19-27(20-22-32)24-36-33(34(40)41-3)23-31-25-39(26-37-31)35(28-13-7-4-8-14-28,29-15-9-5-10-16-29)30-17-11-6-12-18-30/h4-22,25-26,33,36H,23-24H2,1-3H3/t33-/m0/s1. The van der Waals surface area contributed by atoms with Crippen molar-refractivity contribution in [2.75, 3.05) is 26.1 Å². The van der Waals surface area contributed by atoms with E-state index >= 15 is 0 Å². The van der Waals surface area contributed by atoms with Gasteiger partial charge in [-0.05, 0) is 34.4 Å². The summed E-state index contributed by atoms with van der Waals surface area (Å²) >= 11 is 0. The summed E-state index contributed by atoms with van der Waals surface area (Å²) in [6.45, 7) is 0.538. The number of anilines is 1. The molecule has 6 nitrogen and oxygen atoms in total. The van der Waals surface area contributed by atoms with E-state index in [9.17, 15) is 4.79 Å². The second kappa shape index (κ2) is 12.7. The van der Waals surface area contributed by atoms with Gasteiger partial charge in [0.1, 0.15) is 11.6 Å². The summed E-state index contributed by atoms with van der Waals surface area (Å²) < 4.78 is 7.33. The summed E-state index contributed by atoms with van der Waals surface area (Å²) in [5, 5.41) is 3.39. The minimum Gasteiger partial charge on any atom is -0.468 e. The normalized spacial score (nSPS) is 12.1. The van der Waals surface area contributed by atoms with E-state index in [4.69, 9.17) is 9.72 Å². The molecule has 0 bridgehead atoms. The van der Waals surface area contributed by atoms with Crippen molar-refractivity contribution in [2.24, 2.45) is 0 Å². The lowest BCUT2D eigenvalue weighted by Crippen LogP contribution is -2.39. The van der Waals surface area contributed by atoms with E-state index in [0.29, 0.717) is 13.0 Å². The van der Waals surface area contributed by atoms with Crippen LogP contribution in [0.2, 0.25) is 0 Å². The lowest BCUT2D eigenvalue weighted by Gasteiger charge is -2.37. The number of carbonyl (C=O) groups is 1. The highest BCUT2D eigenvalue weighted by molar-refractivity contribution is 5.76. The average Bonchev–Trinajstić information content (AvgIpc) is 3.49. The predicted octanol–water partition coefficient (Wildman–Crippen LogP) is 5.66. The topological polar surface area (TPSA) is 59.4 Å². The first-order valence-electron chi connectivity index (χ1n) is 13.8. The van der Waals surface area contributed by atoms with Gasteiger partial charge in [0.15, 0.2) is 0 Å². The highest BCUT2D eigenvalue weighted by Crippen LogP contribution is 2.40. The summed E-state index contributed by atoms with van der Waals surface area (Å²) in [6.07, 6.45) is 4.32. The number of ether oxygens (including phenoxy) is 1. The molecule has 0 radical (unpaired) electrons. The molecule has 0 aliphatic carbocycles. The van der Waals surface area contributed by atoms with Crippen LogP contribution in [0.4, 0.5) is 5.69 Å². The maximum Gasteiger partial charge on any atom is 0.323 e. The lowest BCUT2D eigenvalue weighted by atomic mass is 9.77. The van der Waals surface area contributed by atoms with Crippen LogP contribution in [-0.4, -0.2) is 42.8 Å². The summed E-state index contributed by atoms with van der Waals surface area (Å²) in [7, 11) is 5.45. The molecule has 1 atom stereocenters. The Morgan fingerprint density at radius 1 is 0.829 bits per heavy atom. The van der Waals surface area contributed by atoms with Crippen molar-refractivity contribution >= 4 is 11.7 Å². The van der Waals surface area contributed by atoms with Gasteiger partial charge in [0.2, 0.25) is 0 Å². The Morgan fingerprint density at radius 3 is 1.80 bits per heavy atom. The number of methoxy groups -OCH3 is 1. The first kappa shape index (κ1) is 27.9. The zero-order valence-electron chi connectivity index (χ0n) is 23.8. The van der Waals surface area contributed by atoms with Gasteiger partial charge in [-0.25, -0.2) is 4.98 Å². The summed E-state index contributed by atoms with van der Waals surface area (Å²) in [5.74, 6) is -0.315. The number of imidazole rings is 1. The second-order valence-corrected chi connectivity index (χ2v) is 10.3. The van der Waals surface area contributed by atoms with E-state index in [1.165, 1.54) is 7.11 Å². The molecule has 0 aliphatic rings. The van der Waals surface area contributed by atoms with Crippen molar-refractivity contribution in [1.82, 2.24) is 14.9 Å². The van der Waals surface area contributed by atoms with E-state index < -0.39 is 11.6 Å². The molecule has 0 aliphatic heterocycles. The molecule has 5 rings (SSSR count). The van der Waals surface area contributed by atoms with Crippen LogP contribution in [0.25, 0.3) is 0 Å². The Hall–Kier alpha value is -4.68. The first-order chi connectivity index (χ1) is 20.0. The largest absolute Gasteiger partial charge is 0.468 e. The fourth-order valence-electron chi connectivity index (χ4n) is 5.38. The maximum absolute atomic E-state index is 12.8. The van der Waals surface area contributed by atoms with Gasteiger partial charge in [-0.15, -0.1) is 0 Å². The predicted molar refractivity (Wildman–Crippen MR) is 164 cm³/mol. The van der Waals surface area contributed by atoms with Crippen LogP contribution in [0.1, 0.15) is 27.9 Å². The van der Waals surface area contributed by atoms with Gasteiger partial charge in [0.25, 0.3) is 0 Å². The summed E-state index contributed by atoms with van der Waals surface area (Å²) in [6, 6.07) is 39.1. The third-order valence-electron chi connectivity index (χ3n) is 7.50. The van der Waals surface area contributed by atoms with E-state index in [2.05, 4.69) is 118 Å². The SMILES string of the molecule is COC(=O)[C@H](Cc1cn(C(c2ccccc2)(c2ccccc2)c2ccccc2)cn1)NCc1ccc(N(C)C)cc1. The van der Waals surface area contributed by atoms with Gasteiger partial charge in [-0.3, -0.25) is 10.1 Å². The number of rotatable bonds is 11. The van der Waals surface area contributed by atoms with Crippen LogP contribution >= 0.6 is 0 Å². The van der Waals surface area contributed by atoms with Crippen molar-refractivity contribution in [3.63, 3.8) is 0 Å². The first-order valence-corrected chi connectivity index (χ1v) is 13.8. The van der Waals surface area contributed by atoms with Crippen LogP contribution in [0.15, 0.2) is 128 Å². The molecule has 0 amide bonds. The number of aromatic nitrogens is 2. The van der Waals surface area contributed by atoms with Crippen molar-refractivity contribution in [3.8, 4) is 0 Å². The van der Waals surface area contributed by atoms with Crippen molar-refractivity contribution in [1.29, 1.82) is 0 Å². The maximum atomic E-state index is 12.8. The molecule has 0 saturated heterocycles. The van der Waals surface area contributed by atoms with Crippen LogP contribution in [0.5, 0.6) is 0 Å². The molecule has 1 aromatic heterocycles. The quantitative estimate of drug-likeness (QED) is 0.172. The molecule has 6 heteroatoms. The average molecular weight is 545 g/mol. The van der Waals surface area contributed by atoms with Crippen LogP contribution in [0.3, 0.4) is 0 Å². The van der Waals surface area contributed by atoms with E-state index in [1.54, 1.807) is 0 Å². The van der Waals surface area contributed by atoms with Crippen LogP contribution in [0, 0.1) is 0 Å². The number of esters is 1. The van der Waals surface area contributed by atoms with Gasteiger partial charge in [-0.2, -0.15) is 0 Å².